The molecule has 3 heterocycles. The first-order valence-electron chi connectivity index (χ1n) is 11.0. The molecule has 0 aliphatic heterocycles. The minimum absolute atomic E-state index is 0.152. The predicted molar refractivity (Wildman–Crippen MR) is 132 cm³/mol. The van der Waals surface area contributed by atoms with Crippen LogP contribution < -0.4 is 10.1 Å². The molecule has 2 N–H and O–H groups in total. The number of aliphatic hydroxyl groups excluding tert-OH is 1. The molecule has 5 rings (SSSR count). The number of benzene rings is 2. The Labute approximate surface area is 197 Å². The standard InChI is InChI=1S/C27H23N5O2/c33-22(18-34-23-11-10-19-6-1-2-7-20(19)14-23)17-30-26-15-25(21-8-5-12-28-16-21)31-27(32-26)24-9-3-4-13-29-24/h1-16,22,33H,17-18H2,(H,30,31,32). The van der Waals surface area contributed by atoms with Crippen molar-refractivity contribution in [2.45, 2.75) is 6.10 Å². The van der Waals surface area contributed by atoms with Crippen molar-refractivity contribution in [1.82, 2.24) is 19.9 Å². The number of fused-ring (bicyclic) bond motifs is 1. The number of nitrogens with zero attached hydrogens (tertiary/aromatic N) is 4. The van der Waals surface area contributed by atoms with Gasteiger partial charge < -0.3 is 15.2 Å². The summed E-state index contributed by atoms with van der Waals surface area (Å²) >= 11 is 0. The molecule has 0 amide bonds. The van der Waals surface area contributed by atoms with Gasteiger partial charge in [-0.1, -0.05) is 36.4 Å². The summed E-state index contributed by atoms with van der Waals surface area (Å²) in [6.07, 6.45) is 4.44. The third kappa shape index (κ3) is 5.16. The first kappa shape index (κ1) is 21.5. The van der Waals surface area contributed by atoms with Crippen LogP contribution in [0.3, 0.4) is 0 Å². The molecule has 0 fully saturated rings. The molecule has 2 aromatic carbocycles. The minimum atomic E-state index is -0.735. The highest BCUT2D eigenvalue weighted by Crippen LogP contribution is 2.23. The van der Waals surface area contributed by atoms with Gasteiger partial charge in [-0.3, -0.25) is 9.97 Å². The van der Waals surface area contributed by atoms with Gasteiger partial charge in [-0.15, -0.1) is 0 Å². The van der Waals surface area contributed by atoms with Crippen LogP contribution in [-0.2, 0) is 0 Å². The molecule has 0 spiro atoms. The summed E-state index contributed by atoms with van der Waals surface area (Å²) in [4.78, 5) is 17.8. The van der Waals surface area contributed by atoms with Crippen LogP contribution in [0.4, 0.5) is 5.82 Å². The van der Waals surface area contributed by atoms with Gasteiger partial charge in [-0.05, 0) is 47.2 Å². The Balaban J connectivity index is 1.29. The van der Waals surface area contributed by atoms with Crippen molar-refractivity contribution >= 4 is 16.6 Å². The number of anilines is 1. The summed E-state index contributed by atoms with van der Waals surface area (Å²) in [6, 6.07) is 25.2. The fourth-order valence-electron chi connectivity index (χ4n) is 3.54. The predicted octanol–water partition coefficient (Wildman–Crippen LogP) is 4.61. The lowest BCUT2D eigenvalue weighted by atomic mass is 10.1. The largest absolute Gasteiger partial charge is 0.491 e. The van der Waals surface area contributed by atoms with Crippen LogP contribution >= 0.6 is 0 Å². The van der Waals surface area contributed by atoms with Crippen molar-refractivity contribution in [2.75, 3.05) is 18.5 Å². The summed E-state index contributed by atoms with van der Waals surface area (Å²) in [5.41, 5.74) is 2.25. The van der Waals surface area contributed by atoms with Crippen molar-refractivity contribution in [2.24, 2.45) is 0 Å². The maximum Gasteiger partial charge on any atom is 0.180 e. The second kappa shape index (κ2) is 10.1. The Hall–Kier alpha value is -4.36. The van der Waals surface area contributed by atoms with Crippen LogP contribution in [-0.4, -0.2) is 44.3 Å². The number of aliphatic hydroxyl groups is 1. The average molecular weight is 450 g/mol. The van der Waals surface area contributed by atoms with Crippen LogP contribution in [0, 0.1) is 0 Å². The molecule has 3 aromatic heterocycles. The number of hydrogen-bond acceptors (Lipinski definition) is 7. The molecule has 5 aromatic rings. The first-order valence-corrected chi connectivity index (χ1v) is 11.0. The van der Waals surface area contributed by atoms with E-state index in [0.29, 0.717) is 23.0 Å². The molecule has 0 bridgehead atoms. The number of nitrogens with one attached hydrogen (secondary N) is 1. The van der Waals surface area contributed by atoms with Crippen molar-refractivity contribution in [3.63, 3.8) is 0 Å². The average Bonchev–Trinajstić information content (AvgIpc) is 2.91. The second-order valence-corrected chi connectivity index (χ2v) is 7.77. The van der Waals surface area contributed by atoms with E-state index in [1.807, 2.05) is 72.8 Å². The number of ether oxygens (including phenoxy) is 1. The monoisotopic (exact) mass is 449 g/mol. The van der Waals surface area contributed by atoms with Gasteiger partial charge in [0.05, 0.1) is 5.69 Å². The quantitative estimate of drug-likeness (QED) is 0.357. The lowest BCUT2D eigenvalue weighted by molar-refractivity contribution is 0.117. The van der Waals surface area contributed by atoms with Crippen molar-refractivity contribution < 1.29 is 9.84 Å². The Morgan fingerprint density at radius 1 is 0.824 bits per heavy atom. The second-order valence-electron chi connectivity index (χ2n) is 7.77. The fraction of sp³-hybridized carbons (Fsp3) is 0.111. The number of hydrogen-bond donors (Lipinski definition) is 2. The van der Waals surface area contributed by atoms with Crippen LogP contribution in [0.2, 0.25) is 0 Å². The van der Waals surface area contributed by atoms with Gasteiger partial charge in [0.1, 0.15) is 30.0 Å². The highest BCUT2D eigenvalue weighted by Gasteiger charge is 2.12. The van der Waals surface area contributed by atoms with Crippen molar-refractivity contribution in [3.05, 3.63) is 97.5 Å². The van der Waals surface area contributed by atoms with Crippen LogP contribution in [0.15, 0.2) is 97.5 Å². The smallest absolute Gasteiger partial charge is 0.180 e. The molecule has 7 nitrogen and oxygen atoms in total. The van der Waals surface area contributed by atoms with E-state index in [1.54, 1.807) is 18.6 Å². The number of rotatable bonds is 8. The van der Waals surface area contributed by atoms with Gasteiger partial charge in [-0.2, -0.15) is 0 Å². The van der Waals surface area contributed by atoms with E-state index >= 15 is 0 Å². The molecule has 34 heavy (non-hydrogen) atoms. The molecule has 168 valence electrons. The Bertz CT molecular complexity index is 1320. The molecular weight excluding hydrogens is 426 g/mol. The van der Waals surface area contributed by atoms with Crippen LogP contribution in [0.1, 0.15) is 0 Å². The third-order valence-electron chi connectivity index (χ3n) is 5.26. The van der Waals surface area contributed by atoms with Gasteiger partial charge in [0.25, 0.3) is 0 Å². The van der Waals surface area contributed by atoms with E-state index in [4.69, 9.17) is 4.74 Å². The summed E-state index contributed by atoms with van der Waals surface area (Å²) < 4.78 is 5.81. The lowest BCUT2D eigenvalue weighted by Gasteiger charge is -2.15. The summed E-state index contributed by atoms with van der Waals surface area (Å²) in [5, 5.41) is 15.9. The van der Waals surface area contributed by atoms with E-state index in [9.17, 15) is 5.11 Å². The molecule has 0 aliphatic carbocycles. The topological polar surface area (TPSA) is 93.1 Å². The molecule has 0 saturated carbocycles. The normalized spacial score (nSPS) is 11.8. The molecule has 0 radical (unpaired) electrons. The summed E-state index contributed by atoms with van der Waals surface area (Å²) in [7, 11) is 0. The van der Waals surface area contributed by atoms with E-state index in [-0.39, 0.29) is 13.2 Å². The van der Waals surface area contributed by atoms with Crippen molar-refractivity contribution in [3.8, 4) is 28.5 Å². The molecular formula is C27H23N5O2. The zero-order valence-corrected chi connectivity index (χ0v) is 18.4. The number of pyridine rings is 2. The van der Waals surface area contributed by atoms with Gasteiger partial charge in [0.15, 0.2) is 5.82 Å². The molecule has 1 unspecified atom stereocenters. The van der Waals surface area contributed by atoms with Gasteiger partial charge in [-0.25, -0.2) is 9.97 Å². The summed E-state index contributed by atoms with van der Waals surface area (Å²) in [6.45, 7) is 0.414. The van der Waals surface area contributed by atoms with Crippen molar-refractivity contribution in [1.29, 1.82) is 0 Å². The van der Waals surface area contributed by atoms with E-state index in [0.717, 1.165) is 22.1 Å². The fourth-order valence-corrected chi connectivity index (χ4v) is 3.54. The maximum absolute atomic E-state index is 10.5. The SMILES string of the molecule is OC(CNc1cc(-c2cccnc2)nc(-c2ccccn2)n1)COc1ccc2ccccc2c1. The molecule has 0 aliphatic rings. The maximum atomic E-state index is 10.5. The zero-order valence-electron chi connectivity index (χ0n) is 18.4. The van der Waals surface area contributed by atoms with Crippen LogP contribution in [0.5, 0.6) is 5.75 Å². The Morgan fingerprint density at radius 3 is 2.53 bits per heavy atom. The molecule has 0 saturated heterocycles. The van der Waals surface area contributed by atoms with E-state index < -0.39 is 6.10 Å². The molecule has 7 heteroatoms. The Kier molecular flexibility index (Phi) is 6.36. The Morgan fingerprint density at radius 2 is 1.71 bits per heavy atom. The van der Waals surface area contributed by atoms with Gasteiger partial charge >= 0.3 is 0 Å². The first-order chi connectivity index (χ1) is 16.7. The highest BCUT2D eigenvalue weighted by atomic mass is 16.5. The van der Waals surface area contributed by atoms with Crippen LogP contribution in [0.25, 0.3) is 33.5 Å². The minimum Gasteiger partial charge on any atom is -0.491 e. The zero-order chi connectivity index (χ0) is 23.2. The van der Waals surface area contributed by atoms with Gasteiger partial charge in [0.2, 0.25) is 0 Å². The number of aromatic nitrogens is 4. The lowest BCUT2D eigenvalue weighted by Crippen LogP contribution is -2.26. The third-order valence-corrected chi connectivity index (χ3v) is 5.26. The van der Waals surface area contributed by atoms with E-state index in [2.05, 4.69) is 31.3 Å². The summed E-state index contributed by atoms with van der Waals surface area (Å²) in [5.74, 6) is 1.79. The van der Waals surface area contributed by atoms with E-state index in [1.165, 1.54) is 0 Å². The van der Waals surface area contributed by atoms with Gasteiger partial charge in [0, 0.05) is 36.8 Å². The highest BCUT2D eigenvalue weighted by molar-refractivity contribution is 5.83. The molecule has 1 atom stereocenters.